The van der Waals surface area contributed by atoms with Gasteiger partial charge in [0.1, 0.15) is 11.6 Å². The van der Waals surface area contributed by atoms with E-state index in [2.05, 4.69) is 26.2 Å². The molecule has 0 aliphatic rings. The molecule has 0 bridgehead atoms. The SMILES string of the molecule is CC(C)(C)OC(=O)N[C@@H](Cc1c[nH]c2ccc(Br)cc12)C(=O)O. The van der Waals surface area contributed by atoms with Crippen LogP contribution >= 0.6 is 15.9 Å². The fourth-order valence-electron chi connectivity index (χ4n) is 2.19. The normalized spacial score (nSPS) is 12.9. The number of alkyl carbamates (subject to hydrolysis) is 1. The molecule has 0 fully saturated rings. The van der Waals surface area contributed by atoms with Crippen LogP contribution in [-0.4, -0.2) is 33.8 Å². The Morgan fingerprint density at radius 3 is 2.70 bits per heavy atom. The van der Waals surface area contributed by atoms with Crippen LogP contribution in [0.4, 0.5) is 4.79 Å². The second-order valence-electron chi connectivity index (χ2n) is 6.24. The third-order valence-electron chi connectivity index (χ3n) is 3.14. The second kappa shape index (κ2) is 6.62. The van der Waals surface area contributed by atoms with Crippen molar-refractivity contribution in [1.29, 1.82) is 0 Å². The van der Waals surface area contributed by atoms with Crippen molar-refractivity contribution in [1.82, 2.24) is 10.3 Å². The summed E-state index contributed by atoms with van der Waals surface area (Å²) in [7, 11) is 0. The number of fused-ring (bicyclic) bond motifs is 1. The number of nitrogens with one attached hydrogen (secondary N) is 2. The predicted molar refractivity (Wildman–Crippen MR) is 90.5 cm³/mol. The largest absolute Gasteiger partial charge is 0.480 e. The van der Waals surface area contributed by atoms with Crippen molar-refractivity contribution in [3.05, 3.63) is 34.4 Å². The summed E-state index contributed by atoms with van der Waals surface area (Å²) in [5, 5.41) is 12.7. The van der Waals surface area contributed by atoms with Crippen molar-refractivity contribution in [3.63, 3.8) is 0 Å². The highest BCUT2D eigenvalue weighted by molar-refractivity contribution is 9.10. The van der Waals surface area contributed by atoms with Gasteiger partial charge in [0.25, 0.3) is 0 Å². The summed E-state index contributed by atoms with van der Waals surface area (Å²) in [5.41, 5.74) is 1.04. The van der Waals surface area contributed by atoms with Crippen molar-refractivity contribution in [2.45, 2.75) is 38.8 Å². The van der Waals surface area contributed by atoms with E-state index in [4.69, 9.17) is 4.74 Å². The Morgan fingerprint density at radius 2 is 2.09 bits per heavy atom. The molecule has 2 rings (SSSR count). The molecule has 124 valence electrons. The van der Waals surface area contributed by atoms with Gasteiger partial charge in [-0.05, 0) is 44.5 Å². The quantitative estimate of drug-likeness (QED) is 0.754. The van der Waals surface area contributed by atoms with Gasteiger partial charge in [0.2, 0.25) is 0 Å². The molecule has 0 aliphatic heterocycles. The maximum Gasteiger partial charge on any atom is 0.408 e. The lowest BCUT2D eigenvalue weighted by molar-refractivity contribution is -0.139. The Hall–Kier alpha value is -2.02. The van der Waals surface area contributed by atoms with Gasteiger partial charge in [-0.3, -0.25) is 0 Å². The Kier molecular flexibility index (Phi) is 4.99. The number of hydrogen-bond donors (Lipinski definition) is 3. The molecule has 0 radical (unpaired) electrons. The number of ether oxygens (including phenoxy) is 1. The first-order chi connectivity index (χ1) is 10.7. The molecular formula is C16H19BrN2O4. The number of amides is 1. The number of hydrogen-bond acceptors (Lipinski definition) is 3. The lowest BCUT2D eigenvalue weighted by Gasteiger charge is -2.22. The van der Waals surface area contributed by atoms with Gasteiger partial charge < -0.3 is 20.1 Å². The number of aliphatic carboxylic acids is 1. The molecule has 6 nitrogen and oxygen atoms in total. The Morgan fingerprint density at radius 1 is 1.39 bits per heavy atom. The van der Waals surface area contributed by atoms with Crippen molar-refractivity contribution in [2.24, 2.45) is 0 Å². The van der Waals surface area contributed by atoms with Gasteiger partial charge >= 0.3 is 12.1 Å². The fraction of sp³-hybridized carbons (Fsp3) is 0.375. The van der Waals surface area contributed by atoms with Crippen LogP contribution in [-0.2, 0) is 16.0 Å². The molecule has 3 N–H and O–H groups in total. The van der Waals surface area contributed by atoms with E-state index in [1.54, 1.807) is 27.0 Å². The van der Waals surface area contributed by atoms with E-state index in [1.165, 1.54) is 0 Å². The van der Waals surface area contributed by atoms with E-state index >= 15 is 0 Å². The van der Waals surface area contributed by atoms with E-state index in [0.717, 1.165) is 20.9 Å². The number of rotatable bonds is 4. The van der Waals surface area contributed by atoms with E-state index in [-0.39, 0.29) is 6.42 Å². The van der Waals surface area contributed by atoms with Crippen LogP contribution in [0.1, 0.15) is 26.3 Å². The number of H-pyrrole nitrogens is 1. The fourth-order valence-corrected chi connectivity index (χ4v) is 2.55. The summed E-state index contributed by atoms with van der Waals surface area (Å²) in [6, 6.07) is 4.65. The molecular weight excluding hydrogens is 364 g/mol. The molecule has 1 aromatic carbocycles. The summed E-state index contributed by atoms with van der Waals surface area (Å²) >= 11 is 3.40. The zero-order chi connectivity index (χ0) is 17.2. The second-order valence-corrected chi connectivity index (χ2v) is 7.16. The molecule has 1 atom stereocenters. The van der Waals surface area contributed by atoms with Gasteiger partial charge in [-0.15, -0.1) is 0 Å². The predicted octanol–water partition coefficient (Wildman–Crippen LogP) is 3.45. The first kappa shape index (κ1) is 17.3. The van der Waals surface area contributed by atoms with E-state index < -0.39 is 23.7 Å². The van der Waals surface area contributed by atoms with Crippen molar-refractivity contribution in [2.75, 3.05) is 0 Å². The van der Waals surface area contributed by atoms with Crippen molar-refractivity contribution < 1.29 is 19.4 Å². The maximum atomic E-state index is 11.8. The lowest BCUT2D eigenvalue weighted by Crippen LogP contribution is -2.44. The van der Waals surface area contributed by atoms with Crippen molar-refractivity contribution in [3.8, 4) is 0 Å². The topological polar surface area (TPSA) is 91.4 Å². The minimum atomic E-state index is -1.11. The van der Waals surface area contributed by atoms with E-state index in [0.29, 0.717) is 0 Å². The molecule has 0 saturated carbocycles. The summed E-state index contributed by atoms with van der Waals surface area (Å²) in [5.74, 6) is -1.11. The Labute approximate surface area is 142 Å². The number of halogens is 1. The van der Waals surface area contributed by atoms with Crippen LogP contribution < -0.4 is 5.32 Å². The average Bonchev–Trinajstić information content (AvgIpc) is 2.78. The molecule has 1 heterocycles. The molecule has 0 spiro atoms. The molecule has 1 aromatic heterocycles. The highest BCUT2D eigenvalue weighted by Crippen LogP contribution is 2.23. The number of carbonyl (C=O) groups is 2. The van der Waals surface area contributed by atoms with Crippen molar-refractivity contribution >= 4 is 38.9 Å². The van der Waals surface area contributed by atoms with Gasteiger partial charge in [0.15, 0.2) is 0 Å². The zero-order valence-corrected chi connectivity index (χ0v) is 14.7. The van der Waals surface area contributed by atoms with Gasteiger partial charge in [-0.2, -0.15) is 0 Å². The van der Waals surface area contributed by atoms with Crippen LogP contribution in [0.5, 0.6) is 0 Å². The van der Waals surface area contributed by atoms with Gasteiger partial charge in [0, 0.05) is 28.0 Å². The maximum absolute atomic E-state index is 11.8. The Balaban J connectivity index is 2.17. The van der Waals surface area contributed by atoms with E-state index in [9.17, 15) is 14.7 Å². The standard InChI is InChI=1S/C16H19BrN2O4/c1-16(2,3)23-15(22)19-13(14(20)21)6-9-8-18-12-5-4-10(17)7-11(9)12/h4-5,7-8,13,18H,6H2,1-3H3,(H,19,22)(H,20,21)/t13-/m0/s1. The third-order valence-corrected chi connectivity index (χ3v) is 3.64. The summed E-state index contributed by atoms with van der Waals surface area (Å²) in [4.78, 5) is 26.3. The number of carbonyl (C=O) groups excluding carboxylic acids is 1. The van der Waals surface area contributed by atoms with Crippen LogP contribution in [0.15, 0.2) is 28.9 Å². The van der Waals surface area contributed by atoms with Crippen LogP contribution in [0.25, 0.3) is 10.9 Å². The number of aromatic amines is 1. The smallest absolute Gasteiger partial charge is 0.408 e. The van der Waals surface area contributed by atoms with Gasteiger partial charge in [-0.25, -0.2) is 9.59 Å². The van der Waals surface area contributed by atoms with Crippen LogP contribution in [0.3, 0.4) is 0 Å². The minimum Gasteiger partial charge on any atom is -0.480 e. The molecule has 0 saturated heterocycles. The zero-order valence-electron chi connectivity index (χ0n) is 13.1. The molecule has 7 heteroatoms. The highest BCUT2D eigenvalue weighted by atomic mass is 79.9. The van der Waals surface area contributed by atoms with Crippen LogP contribution in [0.2, 0.25) is 0 Å². The Bertz CT molecular complexity index is 733. The molecule has 23 heavy (non-hydrogen) atoms. The minimum absolute atomic E-state index is 0.158. The number of carboxylic acid groups (broad SMARTS) is 1. The summed E-state index contributed by atoms with van der Waals surface area (Å²) in [6.07, 6.45) is 1.17. The highest BCUT2D eigenvalue weighted by Gasteiger charge is 2.25. The number of carboxylic acids is 1. The molecule has 2 aromatic rings. The lowest BCUT2D eigenvalue weighted by atomic mass is 10.1. The van der Waals surface area contributed by atoms with Gasteiger partial charge in [-0.1, -0.05) is 15.9 Å². The summed E-state index contributed by atoms with van der Waals surface area (Å²) in [6.45, 7) is 5.17. The first-order valence-corrected chi connectivity index (χ1v) is 7.93. The third kappa shape index (κ3) is 4.72. The molecule has 1 amide bonds. The number of aromatic nitrogens is 1. The van der Waals surface area contributed by atoms with Crippen LogP contribution in [0, 0.1) is 0 Å². The monoisotopic (exact) mass is 382 g/mol. The summed E-state index contributed by atoms with van der Waals surface area (Å²) < 4.78 is 6.02. The average molecular weight is 383 g/mol. The van der Waals surface area contributed by atoms with E-state index in [1.807, 2.05) is 18.2 Å². The first-order valence-electron chi connectivity index (χ1n) is 7.13. The molecule has 0 unspecified atom stereocenters. The molecule has 0 aliphatic carbocycles. The van der Waals surface area contributed by atoms with Gasteiger partial charge in [0.05, 0.1) is 0 Å². The number of benzene rings is 1.